The lowest BCUT2D eigenvalue weighted by atomic mass is 10.2. The fourth-order valence-corrected chi connectivity index (χ4v) is 3.04. The van der Waals surface area contributed by atoms with E-state index in [0.717, 1.165) is 24.3 Å². The monoisotopic (exact) mass is 295 g/mol. The number of carboxylic acids is 1. The maximum atomic E-state index is 11.7. The van der Waals surface area contributed by atoms with Crippen molar-refractivity contribution in [3.05, 3.63) is 29.6 Å². The molecule has 1 atom stereocenters. The summed E-state index contributed by atoms with van der Waals surface area (Å²) < 4.78 is 0. The summed E-state index contributed by atoms with van der Waals surface area (Å²) in [6, 6.07) is 2.86. The Morgan fingerprint density at radius 2 is 2.35 bits per heavy atom. The lowest BCUT2D eigenvalue weighted by Gasteiger charge is -2.22. The number of carbonyl (C=O) groups is 2. The van der Waals surface area contributed by atoms with Gasteiger partial charge in [-0.15, -0.1) is 0 Å². The van der Waals surface area contributed by atoms with Crippen LogP contribution < -0.4 is 10.6 Å². The zero-order valence-electron chi connectivity index (χ0n) is 11.0. The van der Waals surface area contributed by atoms with Crippen molar-refractivity contribution in [3.63, 3.8) is 0 Å². The van der Waals surface area contributed by atoms with Gasteiger partial charge in [-0.25, -0.2) is 9.59 Å². The zero-order valence-corrected chi connectivity index (χ0v) is 11.8. The summed E-state index contributed by atoms with van der Waals surface area (Å²) in [5.74, 6) is 1.10. The minimum absolute atomic E-state index is 0.167. The number of rotatable bonds is 4. The van der Waals surface area contributed by atoms with Crippen LogP contribution in [0.4, 0.5) is 4.79 Å². The van der Waals surface area contributed by atoms with Gasteiger partial charge in [-0.05, 0) is 30.7 Å². The van der Waals surface area contributed by atoms with Crippen LogP contribution in [-0.4, -0.2) is 39.6 Å². The molecule has 1 aliphatic heterocycles. The molecule has 0 radical (unpaired) electrons. The highest BCUT2D eigenvalue weighted by atomic mass is 32.2. The third kappa shape index (κ3) is 4.41. The highest BCUT2D eigenvalue weighted by Gasteiger charge is 2.15. The van der Waals surface area contributed by atoms with Crippen molar-refractivity contribution in [2.45, 2.75) is 25.4 Å². The Morgan fingerprint density at radius 1 is 1.50 bits per heavy atom. The molecule has 0 bridgehead atoms. The van der Waals surface area contributed by atoms with Crippen LogP contribution >= 0.6 is 11.8 Å². The van der Waals surface area contributed by atoms with Gasteiger partial charge in [0.2, 0.25) is 0 Å². The lowest BCUT2D eigenvalue weighted by Crippen LogP contribution is -2.44. The van der Waals surface area contributed by atoms with E-state index in [2.05, 4.69) is 15.6 Å². The van der Waals surface area contributed by atoms with Gasteiger partial charge in [-0.1, -0.05) is 0 Å². The van der Waals surface area contributed by atoms with Gasteiger partial charge in [0.05, 0.1) is 17.8 Å². The molecular weight excluding hydrogens is 278 g/mol. The third-order valence-electron chi connectivity index (χ3n) is 2.99. The van der Waals surface area contributed by atoms with E-state index in [1.165, 1.54) is 18.3 Å². The number of hydrogen-bond donors (Lipinski definition) is 3. The molecule has 0 saturated carbocycles. The summed E-state index contributed by atoms with van der Waals surface area (Å²) >= 11 is 1.84. The molecule has 7 heteroatoms. The number of urea groups is 1. The van der Waals surface area contributed by atoms with E-state index in [0.29, 0.717) is 5.69 Å². The van der Waals surface area contributed by atoms with E-state index in [-0.39, 0.29) is 24.2 Å². The minimum Gasteiger partial charge on any atom is -0.478 e. The van der Waals surface area contributed by atoms with Gasteiger partial charge in [-0.3, -0.25) is 4.98 Å². The summed E-state index contributed by atoms with van der Waals surface area (Å²) in [5.41, 5.74) is 0.693. The molecule has 20 heavy (non-hydrogen) atoms. The molecule has 1 aromatic rings. The molecule has 1 saturated heterocycles. The molecule has 3 N–H and O–H groups in total. The van der Waals surface area contributed by atoms with E-state index >= 15 is 0 Å². The number of thioether (sulfide) groups is 1. The quantitative estimate of drug-likeness (QED) is 0.782. The molecule has 2 amide bonds. The van der Waals surface area contributed by atoms with Crippen LogP contribution in [0.2, 0.25) is 0 Å². The number of nitrogens with zero attached hydrogens (tertiary/aromatic N) is 1. The number of carboxylic acid groups (broad SMARTS) is 1. The molecule has 0 aromatic carbocycles. The number of hydrogen-bond acceptors (Lipinski definition) is 4. The van der Waals surface area contributed by atoms with Gasteiger partial charge in [-0.2, -0.15) is 11.8 Å². The molecule has 0 spiro atoms. The van der Waals surface area contributed by atoms with Crippen LogP contribution in [0.1, 0.15) is 28.9 Å². The number of amides is 2. The van der Waals surface area contributed by atoms with Gasteiger partial charge in [0, 0.05) is 18.0 Å². The highest BCUT2D eigenvalue weighted by molar-refractivity contribution is 7.99. The van der Waals surface area contributed by atoms with Crippen molar-refractivity contribution in [2.75, 3.05) is 11.5 Å². The van der Waals surface area contributed by atoms with Gasteiger partial charge in [0.1, 0.15) is 0 Å². The molecule has 108 valence electrons. The molecule has 1 aliphatic rings. The van der Waals surface area contributed by atoms with Crippen LogP contribution in [0.3, 0.4) is 0 Å². The summed E-state index contributed by atoms with van der Waals surface area (Å²) in [4.78, 5) is 26.6. The van der Waals surface area contributed by atoms with Crippen molar-refractivity contribution in [1.29, 1.82) is 0 Å². The Morgan fingerprint density at radius 3 is 3.05 bits per heavy atom. The van der Waals surface area contributed by atoms with E-state index < -0.39 is 5.97 Å². The molecular formula is C13H17N3O3S. The smallest absolute Gasteiger partial charge is 0.335 e. The highest BCUT2D eigenvalue weighted by Crippen LogP contribution is 2.16. The number of aromatic carboxylic acids is 1. The SMILES string of the molecule is O=C(NCc1cc(C(=O)O)ccn1)NC1CCCSC1. The molecule has 1 unspecified atom stereocenters. The van der Waals surface area contributed by atoms with Crippen LogP contribution in [0.15, 0.2) is 18.3 Å². The first-order valence-electron chi connectivity index (χ1n) is 6.45. The van der Waals surface area contributed by atoms with Crippen molar-refractivity contribution >= 4 is 23.8 Å². The minimum atomic E-state index is -1.00. The predicted octanol–water partition coefficient (Wildman–Crippen LogP) is 1.47. The first-order chi connectivity index (χ1) is 9.65. The molecule has 6 nitrogen and oxygen atoms in total. The number of nitrogens with one attached hydrogen (secondary N) is 2. The topological polar surface area (TPSA) is 91.3 Å². The number of aromatic nitrogens is 1. The average Bonchev–Trinajstić information content (AvgIpc) is 2.46. The van der Waals surface area contributed by atoms with Crippen molar-refractivity contribution in [2.24, 2.45) is 0 Å². The number of pyridine rings is 1. The van der Waals surface area contributed by atoms with Gasteiger partial charge < -0.3 is 15.7 Å². The summed E-state index contributed by atoms with van der Waals surface area (Å²) in [6.07, 6.45) is 3.56. The Balaban J connectivity index is 1.80. The first-order valence-corrected chi connectivity index (χ1v) is 7.61. The average molecular weight is 295 g/mol. The third-order valence-corrected chi connectivity index (χ3v) is 4.20. The van der Waals surface area contributed by atoms with Crippen molar-refractivity contribution < 1.29 is 14.7 Å². The fourth-order valence-electron chi connectivity index (χ4n) is 1.97. The normalized spacial score (nSPS) is 18.3. The second-order valence-corrected chi connectivity index (χ2v) is 5.73. The molecule has 2 rings (SSSR count). The summed E-state index contributed by atoms with van der Waals surface area (Å²) in [6.45, 7) is 0.215. The first kappa shape index (κ1) is 14.6. The van der Waals surface area contributed by atoms with Gasteiger partial charge in [0.25, 0.3) is 0 Å². The van der Waals surface area contributed by atoms with Crippen LogP contribution in [0.25, 0.3) is 0 Å². The lowest BCUT2D eigenvalue weighted by molar-refractivity contribution is 0.0696. The van der Waals surface area contributed by atoms with E-state index in [1.54, 1.807) is 0 Å². The Hall–Kier alpha value is -1.76. The van der Waals surface area contributed by atoms with E-state index in [4.69, 9.17) is 5.11 Å². The van der Waals surface area contributed by atoms with Gasteiger partial charge >= 0.3 is 12.0 Å². The molecule has 1 aromatic heterocycles. The number of carbonyl (C=O) groups excluding carboxylic acids is 1. The maximum absolute atomic E-state index is 11.7. The standard InChI is InChI=1S/C13H17N3O3S/c17-12(18)9-3-4-14-11(6-9)7-15-13(19)16-10-2-1-5-20-8-10/h3-4,6,10H,1-2,5,7-8H2,(H,17,18)(H2,15,16,19). The van der Waals surface area contributed by atoms with E-state index in [1.807, 2.05) is 11.8 Å². The Kier molecular flexibility index (Phi) is 5.23. The van der Waals surface area contributed by atoms with Crippen LogP contribution in [0.5, 0.6) is 0 Å². The zero-order chi connectivity index (χ0) is 14.4. The predicted molar refractivity (Wildman–Crippen MR) is 76.9 cm³/mol. The van der Waals surface area contributed by atoms with Gasteiger partial charge in [0.15, 0.2) is 0 Å². The van der Waals surface area contributed by atoms with Crippen LogP contribution in [0, 0.1) is 0 Å². The largest absolute Gasteiger partial charge is 0.478 e. The summed E-state index contributed by atoms with van der Waals surface area (Å²) in [5, 5.41) is 14.5. The second kappa shape index (κ2) is 7.14. The Labute approximate surface area is 121 Å². The maximum Gasteiger partial charge on any atom is 0.335 e. The molecule has 2 heterocycles. The summed E-state index contributed by atoms with van der Waals surface area (Å²) in [7, 11) is 0. The van der Waals surface area contributed by atoms with Crippen molar-refractivity contribution in [1.82, 2.24) is 15.6 Å². The second-order valence-electron chi connectivity index (χ2n) is 4.58. The molecule has 1 fully saturated rings. The van der Waals surface area contributed by atoms with Crippen molar-refractivity contribution in [3.8, 4) is 0 Å². The van der Waals surface area contributed by atoms with Crippen LogP contribution in [-0.2, 0) is 6.54 Å². The fraction of sp³-hybridized carbons (Fsp3) is 0.462. The molecule has 0 aliphatic carbocycles. The van der Waals surface area contributed by atoms with E-state index in [9.17, 15) is 9.59 Å². The Bertz CT molecular complexity index is 490.